The number of carbonyl (C=O) groups is 1. The van der Waals surface area contributed by atoms with Gasteiger partial charge in [0, 0.05) is 11.9 Å². The summed E-state index contributed by atoms with van der Waals surface area (Å²) < 4.78 is 5.03. The molecule has 2 rings (SSSR count). The van der Waals surface area contributed by atoms with Crippen LogP contribution in [0, 0.1) is 5.92 Å². The van der Waals surface area contributed by atoms with Crippen molar-refractivity contribution in [2.75, 3.05) is 6.54 Å². The Kier molecular flexibility index (Phi) is 4.35. The van der Waals surface area contributed by atoms with E-state index in [1.807, 2.05) is 0 Å². The number of nitrogens with one attached hydrogen (secondary N) is 1. The molecular weight excluding hydrogens is 261 g/mol. The van der Waals surface area contributed by atoms with Gasteiger partial charge in [-0.05, 0) is 42.5 Å². The number of amides is 1. The summed E-state index contributed by atoms with van der Waals surface area (Å²) in [5.41, 5.74) is 0. The van der Waals surface area contributed by atoms with Crippen molar-refractivity contribution in [3.05, 3.63) is 23.1 Å². The summed E-state index contributed by atoms with van der Waals surface area (Å²) in [6.45, 7) is 0.602. The molecule has 3 nitrogen and oxygen atoms in total. The molecule has 1 N–H and O–H groups in total. The fraction of sp³-hybridized carbons (Fsp3) is 0.583. The quantitative estimate of drug-likeness (QED) is 0.859. The fourth-order valence-electron chi connectivity index (χ4n) is 2.14. The lowest BCUT2D eigenvalue weighted by Gasteiger charge is -2.26. The molecular formula is C12H15Cl2NO2. The second-order valence-corrected chi connectivity index (χ2v) is 5.31. The molecule has 1 aromatic rings. The van der Waals surface area contributed by atoms with Crippen LogP contribution in [0.25, 0.3) is 0 Å². The third kappa shape index (κ3) is 3.39. The highest BCUT2D eigenvalue weighted by atomic mass is 35.5. The Balaban J connectivity index is 1.83. The molecule has 1 saturated carbocycles. The first kappa shape index (κ1) is 12.8. The van der Waals surface area contributed by atoms with Crippen molar-refractivity contribution < 1.29 is 9.21 Å². The number of hydrogen-bond donors (Lipinski definition) is 1. The van der Waals surface area contributed by atoms with E-state index in [0.29, 0.717) is 12.5 Å². The van der Waals surface area contributed by atoms with E-state index < -0.39 is 0 Å². The van der Waals surface area contributed by atoms with Gasteiger partial charge in [0.1, 0.15) is 0 Å². The molecule has 5 heteroatoms. The van der Waals surface area contributed by atoms with E-state index in [1.165, 1.54) is 12.8 Å². The third-order valence-electron chi connectivity index (χ3n) is 3.14. The van der Waals surface area contributed by atoms with Crippen LogP contribution >= 0.6 is 23.2 Å². The van der Waals surface area contributed by atoms with Crippen LogP contribution < -0.4 is 5.32 Å². The van der Waals surface area contributed by atoms with Crippen LogP contribution in [0.2, 0.25) is 5.22 Å². The van der Waals surface area contributed by atoms with Crippen LogP contribution in [0.4, 0.5) is 0 Å². The maximum absolute atomic E-state index is 11.7. The Morgan fingerprint density at radius 2 is 2.18 bits per heavy atom. The van der Waals surface area contributed by atoms with Crippen molar-refractivity contribution in [1.29, 1.82) is 0 Å². The summed E-state index contributed by atoms with van der Waals surface area (Å²) in [5, 5.41) is 3.23. The second-order valence-electron chi connectivity index (χ2n) is 4.37. The van der Waals surface area contributed by atoms with Crippen LogP contribution in [0.15, 0.2) is 16.5 Å². The molecule has 1 heterocycles. The van der Waals surface area contributed by atoms with Crippen molar-refractivity contribution in [3.63, 3.8) is 0 Å². The molecule has 1 aromatic heterocycles. The average Bonchev–Trinajstić information content (AvgIpc) is 2.74. The predicted molar refractivity (Wildman–Crippen MR) is 67.7 cm³/mol. The minimum Gasteiger partial charge on any atom is -0.440 e. The van der Waals surface area contributed by atoms with Crippen molar-refractivity contribution in [2.24, 2.45) is 5.92 Å². The molecule has 1 aliphatic rings. The number of furan rings is 1. The number of carbonyl (C=O) groups excluding carboxylic acids is 1. The van der Waals surface area contributed by atoms with Crippen molar-refractivity contribution in [1.82, 2.24) is 5.32 Å². The van der Waals surface area contributed by atoms with E-state index in [1.54, 1.807) is 12.1 Å². The minimum absolute atomic E-state index is 0.171. The van der Waals surface area contributed by atoms with Crippen molar-refractivity contribution >= 4 is 29.1 Å². The number of hydrogen-bond acceptors (Lipinski definition) is 2. The van der Waals surface area contributed by atoms with Gasteiger partial charge in [-0.1, -0.05) is 12.8 Å². The van der Waals surface area contributed by atoms with Gasteiger partial charge in [0.25, 0.3) is 5.91 Å². The largest absolute Gasteiger partial charge is 0.440 e. The minimum atomic E-state index is -0.230. The lowest BCUT2D eigenvalue weighted by Crippen LogP contribution is -2.34. The molecule has 0 radical (unpaired) electrons. The molecule has 1 aliphatic carbocycles. The highest BCUT2D eigenvalue weighted by Crippen LogP contribution is 2.28. The van der Waals surface area contributed by atoms with E-state index in [0.717, 1.165) is 12.8 Å². The van der Waals surface area contributed by atoms with Gasteiger partial charge in [-0.2, -0.15) is 0 Å². The Morgan fingerprint density at radius 1 is 1.41 bits per heavy atom. The van der Waals surface area contributed by atoms with Crippen LogP contribution in [-0.4, -0.2) is 17.8 Å². The Bertz CT molecular complexity index is 392. The number of halogens is 2. The van der Waals surface area contributed by atoms with Crippen LogP contribution in [0.5, 0.6) is 0 Å². The predicted octanol–water partition coefficient (Wildman–Crippen LogP) is 3.46. The lowest BCUT2D eigenvalue weighted by molar-refractivity contribution is 0.0916. The molecule has 94 valence electrons. The van der Waals surface area contributed by atoms with E-state index >= 15 is 0 Å². The summed E-state index contributed by atoms with van der Waals surface area (Å²) in [6, 6.07) is 3.12. The lowest BCUT2D eigenvalue weighted by atomic mass is 9.89. The van der Waals surface area contributed by atoms with Crippen LogP contribution in [-0.2, 0) is 0 Å². The van der Waals surface area contributed by atoms with Gasteiger partial charge in [-0.25, -0.2) is 0 Å². The monoisotopic (exact) mass is 275 g/mol. The summed E-state index contributed by atoms with van der Waals surface area (Å²) in [5.74, 6) is 0.378. The summed E-state index contributed by atoms with van der Waals surface area (Å²) in [7, 11) is 0. The zero-order valence-electron chi connectivity index (χ0n) is 9.42. The molecule has 0 aromatic carbocycles. The van der Waals surface area contributed by atoms with Gasteiger partial charge in [0.2, 0.25) is 0 Å². The SMILES string of the molecule is O=C(NCC1CCCCC1Cl)c1ccc(Cl)o1. The second kappa shape index (κ2) is 5.78. The molecule has 0 bridgehead atoms. The molecule has 1 fully saturated rings. The number of rotatable bonds is 3. The zero-order chi connectivity index (χ0) is 12.3. The maximum atomic E-state index is 11.7. The van der Waals surface area contributed by atoms with Crippen LogP contribution in [0.1, 0.15) is 36.2 Å². The maximum Gasteiger partial charge on any atom is 0.287 e. The number of alkyl halides is 1. The van der Waals surface area contributed by atoms with E-state index in [-0.39, 0.29) is 22.3 Å². The zero-order valence-corrected chi connectivity index (χ0v) is 10.9. The van der Waals surface area contributed by atoms with Gasteiger partial charge in [-0.3, -0.25) is 4.79 Å². The topological polar surface area (TPSA) is 42.2 Å². The molecule has 0 saturated heterocycles. The highest BCUT2D eigenvalue weighted by molar-refractivity contribution is 6.29. The molecule has 0 spiro atoms. The molecule has 2 atom stereocenters. The smallest absolute Gasteiger partial charge is 0.287 e. The summed E-state index contributed by atoms with van der Waals surface area (Å²) >= 11 is 11.8. The van der Waals surface area contributed by atoms with Crippen LogP contribution in [0.3, 0.4) is 0 Å². The first-order valence-electron chi connectivity index (χ1n) is 5.84. The third-order valence-corrected chi connectivity index (χ3v) is 3.92. The van der Waals surface area contributed by atoms with E-state index in [2.05, 4.69) is 5.32 Å². The Labute approximate surface area is 110 Å². The van der Waals surface area contributed by atoms with Crippen molar-refractivity contribution in [3.8, 4) is 0 Å². The van der Waals surface area contributed by atoms with Crippen molar-refractivity contribution in [2.45, 2.75) is 31.1 Å². The standard InChI is InChI=1S/C12H15Cl2NO2/c13-9-4-2-1-3-8(9)7-15-12(16)10-5-6-11(14)17-10/h5-6,8-9H,1-4,7H2,(H,15,16). The molecule has 1 amide bonds. The van der Waals surface area contributed by atoms with E-state index in [9.17, 15) is 4.79 Å². The van der Waals surface area contributed by atoms with E-state index in [4.69, 9.17) is 27.6 Å². The highest BCUT2D eigenvalue weighted by Gasteiger charge is 2.23. The van der Waals surface area contributed by atoms with Gasteiger partial charge < -0.3 is 9.73 Å². The first-order valence-corrected chi connectivity index (χ1v) is 6.66. The summed E-state index contributed by atoms with van der Waals surface area (Å²) in [6.07, 6.45) is 4.49. The molecule has 2 unspecified atom stereocenters. The first-order chi connectivity index (χ1) is 8.16. The normalized spacial score (nSPS) is 24.6. The van der Waals surface area contributed by atoms with Gasteiger partial charge in [0.05, 0.1) is 0 Å². The molecule has 0 aliphatic heterocycles. The Morgan fingerprint density at radius 3 is 2.82 bits per heavy atom. The fourth-order valence-corrected chi connectivity index (χ4v) is 2.66. The van der Waals surface area contributed by atoms with Gasteiger partial charge in [-0.15, -0.1) is 11.6 Å². The average molecular weight is 276 g/mol. The summed E-state index contributed by atoms with van der Waals surface area (Å²) in [4.78, 5) is 11.7. The molecule has 17 heavy (non-hydrogen) atoms. The van der Waals surface area contributed by atoms with Gasteiger partial charge >= 0.3 is 0 Å². The van der Waals surface area contributed by atoms with Gasteiger partial charge in [0.15, 0.2) is 11.0 Å². The Hall–Kier alpha value is -0.670.